The van der Waals surface area contributed by atoms with Crippen molar-refractivity contribution in [3.05, 3.63) is 41.0 Å². The maximum absolute atomic E-state index is 12.5. The zero-order chi connectivity index (χ0) is 19.3. The van der Waals surface area contributed by atoms with Gasteiger partial charge in [-0.1, -0.05) is 13.8 Å². The molecule has 7 heteroatoms. The first kappa shape index (κ1) is 19.5. The molecule has 0 aliphatic heterocycles. The van der Waals surface area contributed by atoms with Gasteiger partial charge in [0.25, 0.3) is 5.91 Å². The van der Waals surface area contributed by atoms with E-state index in [4.69, 9.17) is 14.2 Å². The lowest BCUT2D eigenvalue weighted by molar-refractivity contribution is 0.0949. The number of nitrogens with one attached hydrogen (secondary N) is 1. The molecule has 26 heavy (non-hydrogen) atoms. The molecule has 1 N–H and O–H groups in total. The number of aromatic nitrogens is 2. The number of carbonyl (C=O) groups excluding carboxylic acids is 1. The Morgan fingerprint density at radius 1 is 1.12 bits per heavy atom. The van der Waals surface area contributed by atoms with Crippen molar-refractivity contribution >= 4 is 5.91 Å². The van der Waals surface area contributed by atoms with Crippen molar-refractivity contribution in [1.29, 1.82) is 0 Å². The van der Waals surface area contributed by atoms with Gasteiger partial charge >= 0.3 is 0 Å². The van der Waals surface area contributed by atoms with Crippen molar-refractivity contribution in [2.75, 3.05) is 21.3 Å². The summed E-state index contributed by atoms with van der Waals surface area (Å²) in [5, 5.41) is 2.87. The highest BCUT2D eigenvalue weighted by Gasteiger charge is 2.16. The monoisotopic (exact) mass is 359 g/mol. The summed E-state index contributed by atoms with van der Waals surface area (Å²) in [5.41, 5.74) is 1.94. The zero-order valence-corrected chi connectivity index (χ0v) is 16.0. The van der Waals surface area contributed by atoms with Crippen LogP contribution in [-0.2, 0) is 6.54 Å². The number of hydrogen-bond acceptors (Lipinski definition) is 6. The predicted molar refractivity (Wildman–Crippen MR) is 98.1 cm³/mol. The molecule has 0 fully saturated rings. The van der Waals surface area contributed by atoms with Gasteiger partial charge in [0.15, 0.2) is 11.5 Å². The Bertz CT molecular complexity index is 765. The molecule has 0 aliphatic carbocycles. The number of aryl methyl sites for hydroxylation is 1. The number of nitrogens with zero attached hydrogens (tertiary/aromatic N) is 2. The van der Waals surface area contributed by atoms with Crippen LogP contribution in [0.4, 0.5) is 0 Å². The van der Waals surface area contributed by atoms with Crippen molar-refractivity contribution in [2.24, 2.45) is 0 Å². The summed E-state index contributed by atoms with van der Waals surface area (Å²) in [6.07, 6.45) is 1.57. The zero-order valence-electron chi connectivity index (χ0n) is 16.0. The minimum Gasteiger partial charge on any atom is -0.493 e. The Morgan fingerprint density at radius 3 is 2.19 bits per heavy atom. The third kappa shape index (κ3) is 4.22. The Labute approximate surface area is 153 Å². The Kier molecular flexibility index (Phi) is 6.38. The molecule has 0 saturated heterocycles. The number of rotatable bonds is 7. The molecule has 7 nitrogen and oxygen atoms in total. The largest absolute Gasteiger partial charge is 0.493 e. The summed E-state index contributed by atoms with van der Waals surface area (Å²) in [7, 11) is 4.65. The summed E-state index contributed by atoms with van der Waals surface area (Å²) in [5.74, 6) is 2.30. The first-order valence-corrected chi connectivity index (χ1v) is 8.31. The molecule has 1 aromatic carbocycles. The van der Waals surface area contributed by atoms with Crippen LogP contribution in [0.25, 0.3) is 0 Å². The molecule has 1 amide bonds. The molecule has 1 aromatic heterocycles. The van der Waals surface area contributed by atoms with Gasteiger partial charge in [0, 0.05) is 18.7 Å². The van der Waals surface area contributed by atoms with Crippen LogP contribution in [-0.4, -0.2) is 37.2 Å². The molecule has 0 spiro atoms. The highest BCUT2D eigenvalue weighted by Crippen LogP contribution is 2.38. The molecule has 0 unspecified atom stereocenters. The van der Waals surface area contributed by atoms with Crippen molar-refractivity contribution in [3.63, 3.8) is 0 Å². The second-order valence-corrected chi connectivity index (χ2v) is 6.10. The van der Waals surface area contributed by atoms with E-state index in [1.165, 1.54) is 0 Å². The van der Waals surface area contributed by atoms with Gasteiger partial charge in [0.1, 0.15) is 5.82 Å². The van der Waals surface area contributed by atoms with Crippen LogP contribution >= 0.6 is 0 Å². The van der Waals surface area contributed by atoms with Gasteiger partial charge in [0.05, 0.1) is 32.6 Å². The number of ether oxygens (including phenoxy) is 3. The van der Waals surface area contributed by atoms with Crippen molar-refractivity contribution in [3.8, 4) is 17.2 Å². The van der Waals surface area contributed by atoms with Gasteiger partial charge in [-0.15, -0.1) is 0 Å². The van der Waals surface area contributed by atoms with Crippen molar-refractivity contribution < 1.29 is 19.0 Å². The summed E-state index contributed by atoms with van der Waals surface area (Å²) >= 11 is 0. The van der Waals surface area contributed by atoms with E-state index in [2.05, 4.69) is 15.3 Å². The number of carbonyl (C=O) groups is 1. The molecular formula is C19H25N3O4. The van der Waals surface area contributed by atoms with Crippen LogP contribution in [0.3, 0.4) is 0 Å². The second-order valence-electron chi connectivity index (χ2n) is 6.10. The third-order valence-corrected chi connectivity index (χ3v) is 3.94. The van der Waals surface area contributed by atoms with Crippen LogP contribution < -0.4 is 19.5 Å². The van der Waals surface area contributed by atoms with Gasteiger partial charge < -0.3 is 19.5 Å². The van der Waals surface area contributed by atoms with Gasteiger partial charge in [0.2, 0.25) is 5.75 Å². The quantitative estimate of drug-likeness (QED) is 0.818. The van der Waals surface area contributed by atoms with Gasteiger partial charge in [-0.3, -0.25) is 4.79 Å². The van der Waals surface area contributed by atoms with E-state index in [1.54, 1.807) is 39.7 Å². The van der Waals surface area contributed by atoms with Gasteiger partial charge in [-0.2, -0.15) is 0 Å². The number of benzene rings is 1. The van der Waals surface area contributed by atoms with Crippen LogP contribution in [0.5, 0.6) is 17.2 Å². The fraction of sp³-hybridized carbons (Fsp3) is 0.421. The number of amides is 1. The van der Waals surface area contributed by atoms with E-state index in [-0.39, 0.29) is 11.8 Å². The lowest BCUT2D eigenvalue weighted by Crippen LogP contribution is -2.24. The van der Waals surface area contributed by atoms with E-state index < -0.39 is 0 Å². The molecule has 0 radical (unpaired) electrons. The first-order valence-electron chi connectivity index (χ1n) is 8.31. The minimum absolute atomic E-state index is 0.213. The number of hydrogen-bond donors (Lipinski definition) is 1. The molecule has 2 rings (SSSR count). The Hall–Kier alpha value is -2.83. The molecular weight excluding hydrogens is 334 g/mol. The first-order chi connectivity index (χ1) is 12.4. The minimum atomic E-state index is -0.230. The van der Waals surface area contributed by atoms with Gasteiger partial charge in [-0.25, -0.2) is 9.97 Å². The maximum atomic E-state index is 12.5. The summed E-state index contributed by atoms with van der Waals surface area (Å²) < 4.78 is 16.0. The third-order valence-electron chi connectivity index (χ3n) is 3.94. The second kappa shape index (κ2) is 8.51. The normalized spacial score (nSPS) is 10.6. The highest BCUT2D eigenvalue weighted by molar-refractivity contribution is 5.94. The van der Waals surface area contributed by atoms with E-state index in [0.717, 1.165) is 11.4 Å². The van der Waals surface area contributed by atoms with Crippen LogP contribution in [0, 0.1) is 6.92 Å². The van der Waals surface area contributed by atoms with Crippen molar-refractivity contribution in [1.82, 2.24) is 15.3 Å². The lowest BCUT2D eigenvalue weighted by atomic mass is 10.1. The highest BCUT2D eigenvalue weighted by atomic mass is 16.5. The molecule has 0 bridgehead atoms. The molecule has 0 atom stereocenters. The average molecular weight is 359 g/mol. The fourth-order valence-electron chi connectivity index (χ4n) is 2.50. The van der Waals surface area contributed by atoms with Crippen LogP contribution in [0.1, 0.15) is 47.2 Å². The molecule has 0 aliphatic rings. The lowest BCUT2D eigenvalue weighted by Gasteiger charge is -2.15. The van der Waals surface area contributed by atoms with E-state index in [1.807, 2.05) is 20.8 Å². The Morgan fingerprint density at radius 2 is 1.73 bits per heavy atom. The van der Waals surface area contributed by atoms with E-state index >= 15 is 0 Å². The predicted octanol–water partition coefficient (Wildman–Crippen LogP) is 2.86. The smallest absolute Gasteiger partial charge is 0.254 e. The average Bonchev–Trinajstić information content (AvgIpc) is 2.64. The summed E-state index contributed by atoms with van der Waals surface area (Å²) in [6, 6.07) is 3.60. The Balaban J connectivity index is 2.17. The van der Waals surface area contributed by atoms with Gasteiger partial charge in [-0.05, 0) is 24.6 Å². The van der Waals surface area contributed by atoms with E-state index in [9.17, 15) is 4.79 Å². The number of methoxy groups -OCH3 is 3. The fourth-order valence-corrected chi connectivity index (χ4v) is 2.50. The summed E-state index contributed by atoms with van der Waals surface area (Å²) in [4.78, 5) is 21.1. The SMILES string of the molecule is COc1cc(CNC(=O)c2cnc(C(C)C)nc2C)cc(OC)c1OC. The standard InChI is InChI=1S/C19H25N3O4/c1-11(2)18-20-10-14(12(3)22-18)19(23)21-9-13-7-15(24-4)17(26-6)16(8-13)25-5/h7-8,10-11H,9H2,1-6H3,(H,21,23). The van der Waals surface area contributed by atoms with Crippen LogP contribution in [0.2, 0.25) is 0 Å². The maximum Gasteiger partial charge on any atom is 0.254 e. The van der Waals surface area contributed by atoms with Crippen molar-refractivity contribution in [2.45, 2.75) is 33.2 Å². The molecule has 0 saturated carbocycles. The summed E-state index contributed by atoms with van der Waals surface area (Å²) in [6.45, 7) is 6.14. The topological polar surface area (TPSA) is 82.6 Å². The van der Waals surface area contributed by atoms with E-state index in [0.29, 0.717) is 35.1 Å². The molecule has 2 aromatic rings. The van der Waals surface area contributed by atoms with Crippen LogP contribution in [0.15, 0.2) is 18.3 Å². The molecule has 140 valence electrons. The molecule has 1 heterocycles.